The number of allylic oxidation sites excluding steroid dienone is 4. The van der Waals surface area contributed by atoms with Gasteiger partial charge >= 0.3 is 0 Å². The van der Waals surface area contributed by atoms with Crippen LogP contribution in [0.3, 0.4) is 0 Å². The molecule has 56 valence electrons. The summed E-state index contributed by atoms with van der Waals surface area (Å²) in [5, 5.41) is 0. The van der Waals surface area contributed by atoms with Crippen molar-refractivity contribution in [1.82, 2.24) is 0 Å². The van der Waals surface area contributed by atoms with Gasteiger partial charge in [-0.05, 0) is 31.2 Å². The normalized spacial score (nSPS) is 26.8. The molecule has 0 heterocycles. The van der Waals surface area contributed by atoms with Crippen LogP contribution in [0.4, 0.5) is 13.2 Å². The van der Waals surface area contributed by atoms with Crippen molar-refractivity contribution in [3.63, 3.8) is 0 Å². The van der Waals surface area contributed by atoms with Crippen LogP contribution in [0, 0.1) is 0 Å². The molecule has 0 amide bonds. The standard InChI is InChI=1S/C7H7F3/c1-6(8)2-4-7(9,10)5-3-6/h2-5H,1H3. The van der Waals surface area contributed by atoms with Crippen molar-refractivity contribution < 1.29 is 13.2 Å². The van der Waals surface area contributed by atoms with Crippen molar-refractivity contribution in [2.45, 2.75) is 18.5 Å². The van der Waals surface area contributed by atoms with Crippen LogP contribution in [-0.4, -0.2) is 11.6 Å². The molecule has 1 rings (SSSR count). The Morgan fingerprint density at radius 3 is 1.60 bits per heavy atom. The van der Waals surface area contributed by atoms with Crippen molar-refractivity contribution in [2.75, 3.05) is 0 Å². The molecule has 0 aliphatic heterocycles. The van der Waals surface area contributed by atoms with E-state index in [0.717, 1.165) is 12.2 Å². The minimum Gasteiger partial charge on any atom is -0.235 e. The van der Waals surface area contributed by atoms with Gasteiger partial charge in [0.1, 0.15) is 5.67 Å². The Morgan fingerprint density at radius 1 is 0.900 bits per heavy atom. The average Bonchev–Trinajstić information content (AvgIpc) is 1.79. The van der Waals surface area contributed by atoms with E-state index in [1.54, 1.807) is 0 Å². The van der Waals surface area contributed by atoms with Crippen LogP contribution in [-0.2, 0) is 0 Å². The highest BCUT2D eigenvalue weighted by Gasteiger charge is 2.29. The first kappa shape index (κ1) is 7.38. The Hall–Kier alpha value is -0.730. The van der Waals surface area contributed by atoms with Crippen LogP contribution in [0.2, 0.25) is 0 Å². The zero-order valence-electron chi connectivity index (χ0n) is 5.44. The summed E-state index contributed by atoms with van der Waals surface area (Å²) >= 11 is 0. The van der Waals surface area contributed by atoms with Crippen LogP contribution in [0.25, 0.3) is 0 Å². The average molecular weight is 148 g/mol. The third-order valence-corrected chi connectivity index (χ3v) is 1.26. The maximum atomic E-state index is 12.7. The molecule has 0 radical (unpaired) electrons. The second kappa shape index (κ2) is 1.87. The topological polar surface area (TPSA) is 0 Å². The fourth-order valence-electron chi connectivity index (χ4n) is 0.659. The maximum absolute atomic E-state index is 12.7. The summed E-state index contributed by atoms with van der Waals surface area (Å²) in [5.74, 6) is -2.97. The molecule has 0 spiro atoms. The number of alkyl halides is 3. The van der Waals surface area contributed by atoms with E-state index in [4.69, 9.17) is 0 Å². The Kier molecular flexibility index (Phi) is 1.38. The summed E-state index contributed by atoms with van der Waals surface area (Å²) in [4.78, 5) is 0. The molecule has 0 nitrogen and oxygen atoms in total. The smallest absolute Gasteiger partial charge is 0.235 e. The predicted molar refractivity (Wildman–Crippen MR) is 32.7 cm³/mol. The minimum atomic E-state index is -2.97. The molecule has 1 aliphatic carbocycles. The van der Waals surface area contributed by atoms with Crippen LogP contribution < -0.4 is 0 Å². The Balaban J connectivity index is 2.81. The molecule has 0 fully saturated rings. The van der Waals surface area contributed by atoms with Crippen LogP contribution in [0.15, 0.2) is 24.3 Å². The van der Waals surface area contributed by atoms with E-state index in [1.165, 1.54) is 6.92 Å². The zero-order chi connectivity index (χ0) is 7.83. The lowest BCUT2D eigenvalue weighted by atomic mass is 10.0. The third-order valence-electron chi connectivity index (χ3n) is 1.26. The first-order valence-electron chi connectivity index (χ1n) is 2.89. The molecular formula is C7H7F3. The molecule has 3 heteroatoms. The van der Waals surface area contributed by atoms with Crippen molar-refractivity contribution >= 4 is 0 Å². The van der Waals surface area contributed by atoms with E-state index in [1.807, 2.05) is 0 Å². The van der Waals surface area contributed by atoms with Crippen molar-refractivity contribution in [2.24, 2.45) is 0 Å². The molecule has 1 aliphatic rings. The third kappa shape index (κ3) is 1.62. The summed E-state index contributed by atoms with van der Waals surface area (Å²) in [5.41, 5.74) is -1.71. The van der Waals surface area contributed by atoms with Crippen molar-refractivity contribution in [3.8, 4) is 0 Å². The molecule has 0 aromatic heterocycles. The molecule has 0 N–H and O–H groups in total. The quantitative estimate of drug-likeness (QED) is 0.463. The lowest BCUT2D eigenvalue weighted by Crippen LogP contribution is -2.20. The lowest BCUT2D eigenvalue weighted by Gasteiger charge is -2.17. The van der Waals surface area contributed by atoms with Crippen LogP contribution >= 0.6 is 0 Å². The zero-order valence-corrected chi connectivity index (χ0v) is 5.44. The predicted octanol–water partition coefficient (Wildman–Crippen LogP) is 2.48. The van der Waals surface area contributed by atoms with Gasteiger partial charge in [-0.15, -0.1) is 0 Å². The van der Waals surface area contributed by atoms with Crippen molar-refractivity contribution in [1.29, 1.82) is 0 Å². The second-order valence-electron chi connectivity index (χ2n) is 2.49. The van der Waals surface area contributed by atoms with Crippen LogP contribution in [0.5, 0.6) is 0 Å². The van der Waals surface area contributed by atoms with E-state index >= 15 is 0 Å². The Labute approximate surface area is 57.0 Å². The van der Waals surface area contributed by atoms with Gasteiger partial charge in [-0.2, -0.15) is 8.78 Å². The maximum Gasteiger partial charge on any atom is 0.285 e. The molecule has 0 aromatic carbocycles. The highest BCUT2D eigenvalue weighted by atomic mass is 19.3. The van der Waals surface area contributed by atoms with Gasteiger partial charge < -0.3 is 0 Å². The summed E-state index contributed by atoms with van der Waals surface area (Å²) < 4.78 is 37.1. The van der Waals surface area contributed by atoms with E-state index in [9.17, 15) is 13.2 Å². The minimum absolute atomic E-state index is 0.562. The molecule has 0 bridgehead atoms. The summed E-state index contributed by atoms with van der Waals surface area (Å²) in [7, 11) is 0. The largest absolute Gasteiger partial charge is 0.285 e. The fourth-order valence-corrected chi connectivity index (χ4v) is 0.659. The van der Waals surface area contributed by atoms with E-state index in [2.05, 4.69) is 0 Å². The van der Waals surface area contributed by atoms with Crippen molar-refractivity contribution in [3.05, 3.63) is 24.3 Å². The number of rotatable bonds is 0. The number of hydrogen-bond donors (Lipinski definition) is 0. The van der Waals surface area contributed by atoms with Gasteiger partial charge in [0.25, 0.3) is 5.92 Å². The molecular weight excluding hydrogens is 141 g/mol. The summed E-state index contributed by atoms with van der Waals surface area (Å²) in [6.45, 7) is 1.22. The van der Waals surface area contributed by atoms with Gasteiger partial charge in [0.05, 0.1) is 0 Å². The van der Waals surface area contributed by atoms with Gasteiger partial charge in [0, 0.05) is 0 Å². The molecule has 0 atom stereocenters. The highest BCUT2D eigenvalue weighted by molar-refractivity contribution is 5.25. The van der Waals surface area contributed by atoms with Gasteiger partial charge in [0.2, 0.25) is 0 Å². The summed E-state index contributed by atoms with van der Waals surface area (Å²) in [6.07, 6.45) is 2.83. The highest BCUT2D eigenvalue weighted by Crippen LogP contribution is 2.27. The first-order chi connectivity index (χ1) is 4.41. The van der Waals surface area contributed by atoms with E-state index in [-0.39, 0.29) is 0 Å². The Morgan fingerprint density at radius 2 is 1.30 bits per heavy atom. The van der Waals surface area contributed by atoms with Crippen LogP contribution in [0.1, 0.15) is 6.92 Å². The molecule has 0 aromatic rings. The number of hydrogen-bond acceptors (Lipinski definition) is 0. The van der Waals surface area contributed by atoms with E-state index < -0.39 is 11.6 Å². The molecule has 0 saturated carbocycles. The first-order valence-corrected chi connectivity index (χ1v) is 2.89. The van der Waals surface area contributed by atoms with Gasteiger partial charge in [0.15, 0.2) is 0 Å². The SMILES string of the molecule is CC1(F)C=CC(F)(F)C=C1. The fraction of sp³-hybridized carbons (Fsp3) is 0.429. The summed E-state index contributed by atoms with van der Waals surface area (Å²) in [6, 6.07) is 0. The monoisotopic (exact) mass is 148 g/mol. The molecule has 0 saturated heterocycles. The lowest BCUT2D eigenvalue weighted by molar-refractivity contribution is 0.104. The van der Waals surface area contributed by atoms with Gasteiger partial charge in [-0.3, -0.25) is 0 Å². The van der Waals surface area contributed by atoms with E-state index in [0.29, 0.717) is 12.2 Å². The molecule has 10 heavy (non-hydrogen) atoms. The van der Waals surface area contributed by atoms with Gasteiger partial charge in [-0.25, -0.2) is 4.39 Å². The number of halogens is 3. The van der Waals surface area contributed by atoms with Gasteiger partial charge in [-0.1, -0.05) is 0 Å². The second-order valence-corrected chi connectivity index (χ2v) is 2.49. The Bertz CT molecular complexity index is 151. The molecule has 0 unspecified atom stereocenters.